The van der Waals surface area contributed by atoms with Gasteiger partial charge in [0, 0.05) is 17.3 Å². The summed E-state index contributed by atoms with van der Waals surface area (Å²) >= 11 is 1.52. The summed E-state index contributed by atoms with van der Waals surface area (Å²) in [5.41, 5.74) is 2.84. The van der Waals surface area contributed by atoms with Gasteiger partial charge in [0.05, 0.1) is 5.75 Å². The van der Waals surface area contributed by atoms with Gasteiger partial charge in [-0.2, -0.15) is 0 Å². The highest BCUT2D eigenvalue weighted by molar-refractivity contribution is 8.00. The molecule has 27 heavy (non-hydrogen) atoms. The number of nitrogens with zero attached hydrogens (tertiary/aromatic N) is 1. The molecule has 0 unspecified atom stereocenters. The Labute approximate surface area is 162 Å². The zero-order valence-electron chi connectivity index (χ0n) is 15.1. The molecule has 2 amide bonds. The highest BCUT2D eigenvalue weighted by Gasteiger charge is 2.34. The van der Waals surface area contributed by atoms with E-state index in [1.165, 1.54) is 17.8 Å². The summed E-state index contributed by atoms with van der Waals surface area (Å²) in [6, 6.07) is 12.5. The molecule has 2 fully saturated rings. The third-order valence-corrected chi connectivity index (χ3v) is 6.45. The molecule has 4 nitrogen and oxygen atoms in total. The fourth-order valence-corrected chi connectivity index (χ4v) is 4.50. The summed E-state index contributed by atoms with van der Waals surface area (Å²) in [5, 5.41) is 2.75. The van der Waals surface area contributed by atoms with Crippen LogP contribution >= 0.6 is 11.8 Å². The maximum absolute atomic E-state index is 14.0. The smallest absolute Gasteiger partial charge is 0.238 e. The Bertz CT molecular complexity index is 880. The Kier molecular flexibility index (Phi) is 4.91. The second kappa shape index (κ2) is 7.35. The number of aryl methyl sites for hydroxylation is 1. The largest absolute Gasteiger partial charge is 0.326 e. The molecule has 1 aliphatic heterocycles. The van der Waals surface area contributed by atoms with Crippen LogP contribution in [0, 0.1) is 18.7 Å². The van der Waals surface area contributed by atoms with Crippen LogP contribution in [0.2, 0.25) is 0 Å². The standard InChI is InChI=1S/C21H21FN2O2S/c1-13-5-10-17(11-18(13)22)24-19(25)12-27-21(24)15-6-8-16(9-7-15)23-20(26)14-3-2-4-14/h5-11,14,21H,2-4,12H2,1H3,(H,23,26)/t21-/m0/s1. The van der Waals surface area contributed by atoms with Crippen LogP contribution in [-0.4, -0.2) is 17.6 Å². The number of carbonyl (C=O) groups excluding carboxylic acids is 2. The molecule has 0 bridgehead atoms. The summed E-state index contributed by atoms with van der Waals surface area (Å²) in [5.74, 6) is 0.233. The predicted molar refractivity (Wildman–Crippen MR) is 106 cm³/mol. The molecule has 1 N–H and O–H groups in total. The molecule has 4 rings (SSSR count). The van der Waals surface area contributed by atoms with E-state index >= 15 is 0 Å². The Balaban J connectivity index is 1.53. The van der Waals surface area contributed by atoms with Gasteiger partial charge in [-0.15, -0.1) is 11.8 Å². The van der Waals surface area contributed by atoms with Crippen molar-refractivity contribution in [3.8, 4) is 0 Å². The molecule has 1 heterocycles. The van der Waals surface area contributed by atoms with Crippen molar-refractivity contribution in [1.29, 1.82) is 0 Å². The van der Waals surface area contributed by atoms with Gasteiger partial charge in [0.25, 0.3) is 0 Å². The summed E-state index contributed by atoms with van der Waals surface area (Å²) in [6.07, 6.45) is 3.05. The van der Waals surface area contributed by atoms with Gasteiger partial charge in [-0.3, -0.25) is 14.5 Å². The first-order valence-electron chi connectivity index (χ1n) is 9.13. The van der Waals surface area contributed by atoms with Gasteiger partial charge in [-0.1, -0.05) is 24.6 Å². The Morgan fingerprint density at radius 2 is 1.93 bits per heavy atom. The number of halogens is 1. The number of amides is 2. The lowest BCUT2D eigenvalue weighted by Crippen LogP contribution is -2.28. The maximum atomic E-state index is 14.0. The van der Waals surface area contributed by atoms with Gasteiger partial charge in [-0.25, -0.2) is 4.39 Å². The number of hydrogen-bond donors (Lipinski definition) is 1. The zero-order valence-corrected chi connectivity index (χ0v) is 15.9. The topological polar surface area (TPSA) is 49.4 Å². The molecule has 1 atom stereocenters. The van der Waals surface area contributed by atoms with E-state index in [4.69, 9.17) is 0 Å². The quantitative estimate of drug-likeness (QED) is 0.835. The maximum Gasteiger partial charge on any atom is 0.238 e. The van der Waals surface area contributed by atoms with Crippen molar-refractivity contribution < 1.29 is 14.0 Å². The van der Waals surface area contributed by atoms with Crippen molar-refractivity contribution in [2.45, 2.75) is 31.6 Å². The fraction of sp³-hybridized carbons (Fsp3) is 0.333. The number of hydrogen-bond acceptors (Lipinski definition) is 3. The van der Waals surface area contributed by atoms with Crippen LogP contribution in [0.5, 0.6) is 0 Å². The van der Waals surface area contributed by atoms with E-state index in [2.05, 4.69) is 5.32 Å². The van der Waals surface area contributed by atoms with E-state index in [-0.39, 0.29) is 28.9 Å². The lowest BCUT2D eigenvalue weighted by atomic mass is 9.85. The summed E-state index contributed by atoms with van der Waals surface area (Å²) in [7, 11) is 0. The van der Waals surface area contributed by atoms with E-state index in [1.54, 1.807) is 24.0 Å². The molecule has 140 valence electrons. The molecule has 0 spiro atoms. The average molecular weight is 384 g/mol. The molecule has 0 radical (unpaired) electrons. The van der Waals surface area contributed by atoms with E-state index < -0.39 is 0 Å². The summed E-state index contributed by atoms with van der Waals surface area (Å²) < 4.78 is 14.0. The number of benzene rings is 2. The average Bonchev–Trinajstić information content (AvgIpc) is 2.98. The SMILES string of the molecule is Cc1ccc(N2C(=O)CS[C@H]2c2ccc(NC(=O)C3CCC3)cc2)cc1F. The van der Waals surface area contributed by atoms with E-state index in [0.29, 0.717) is 17.0 Å². The van der Waals surface area contributed by atoms with Crippen molar-refractivity contribution in [3.63, 3.8) is 0 Å². The van der Waals surface area contributed by atoms with E-state index in [0.717, 1.165) is 30.5 Å². The van der Waals surface area contributed by atoms with Crippen molar-refractivity contribution >= 4 is 35.0 Å². The van der Waals surface area contributed by atoms with Gasteiger partial charge >= 0.3 is 0 Å². The minimum absolute atomic E-state index is 0.0318. The van der Waals surface area contributed by atoms with Crippen LogP contribution in [0.3, 0.4) is 0 Å². The lowest BCUT2D eigenvalue weighted by molar-refractivity contribution is -0.122. The molecule has 1 saturated carbocycles. The van der Waals surface area contributed by atoms with Gasteiger partial charge < -0.3 is 5.32 Å². The first-order valence-corrected chi connectivity index (χ1v) is 10.2. The van der Waals surface area contributed by atoms with Crippen LogP contribution in [0.4, 0.5) is 15.8 Å². The number of rotatable bonds is 4. The molecular weight excluding hydrogens is 363 g/mol. The second-order valence-corrected chi connectivity index (χ2v) is 8.17. The summed E-state index contributed by atoms with van der Waals surface area (Å²) in [4.78, 5) is 26.1. The molecule has 1 saturated heterocycles. The Morgan fingerprint density at radius 1 is 1.19 bits per heavy atom. The summed E-state index contributed by atoms with van der Waals surface area (Å²) in [6.45, 7) is 1.70. The van der Waals surface area contributed by atoms with E-state index in [1.807, 2.05) is 24.3 Å². The van der Waals surface area contributed by atoms with Crippen molar-refractivity contribution in [2.75, 3.05) is 16.0 Å². The molecule has 0 aromatic heterocycles. The third kappa shape index (κ3) is 3.58. The van der Waals surface area contributed by atoms with Gasteiger partial charge in [0.15, 0.2) is 0 Å². The van der Waals surface area contributed by atoms with Gasteiger partial charge in [0.1, 0.15) is 11.2 Å². The fourth-order valence-electron chi connectivity index (χ4n) is 3.33. The predicted octanol–water partition coefficient (Wildman–Crippen LogP) is 4.65. The molecule has 2 aliphatic rings. The zero-order chi connectivity index (χ0) is 19.0. The normalized spacial score (nSPS) is 19.9. The van der Waals surface area contributed by atoms with Crippen LogP contribution in [0.15, 0.2) is 42.5 Å². The monoisotopic (exact) mass is 384 g/mol. The lowest BCUT2D eigenvalue weighted by Gasteiger charge is -2.25. The van der Waals surface area contributed by atoms with Gasteiger partial charge in [-0.05, 0) is 55.2 Å². The first kappa shape index (κ1) is 18.0. The van der Waals surface area contributed by atoms with Crippen LogP contribution in [0.1, 0.15) is 35.8 Å². The molecule has 1 aliphatic carbocycles. The third-order valence-electron chi connectivity index (χ3n) is 5.24. The Hall–Kier alpha value is -2.34. The van der Waals surface area contributed by atoms with Gasteiger partial charge in [0.2, 0.25) is 11.8 Å². The molecular formula is C21H21FN2O2S. The number of carbonyl (C=O) groups is 2. The van der Waals surface area contributed by atoms with Crippen molar-refractivity contribution in [2.24, 2.45) is 5.92 Å². The highest BCUT2D eigenvalue weighted by Crippen LogP contribution is 2.42. The van der Waals surface area contributed by atoms with Crippen LogP contribution in [0.25, 0.3) is 0 Å². The molecule has 2 aromatic rings. The first-order chi connectivity index (χ1) is 13.0. The second-order valence-electron chi connectivity index (χ2n) is 7.10. The number of nitrogens with one attached hydrogen (secondary N) is 1. The molecule has 2 aromatic carbocycles. The minimum atomic E-state index is -0.315. The van der Waals surface area contributed by atoms with Crippen molar-refractivity contribution in [1.82, 2.24) is 0 Å². The molecule has 6 heteroatoms. The number of anilines is 2. The van der Waals surface area contributed by atoms with Crippen molar-refractivity contribution in [3.05, 3.63) is 59.4 Å². The number of thioether (sulfide) groups is 1. The van der Waals surface area contributed by atoms with E-state index in [9.17, 15) is 14.0 Å². The highest BCUT2D eigenvalue weighted by atomic mass is 32.2. The van der Waals surface area contributed by atoms with Crippen LogP contribution in [-0.2, 0) is 9.59 Å². The minimum Gasteiger partial charge on any atom is -0.326 e. The van der Waals surface area contributed by atoms with Crippen LogP contribution < -0.4 is 10.2 Å². The Morgan fingerprint density at radius 3 is 2.56 bits per heavy atom.